The predicted octanol–water partition coefficient (Wildman–Crippen LogP) is 2.27. The molecular weight excluding hydrogens is 318 g/mol. The number of nitrogens with zero attached hydrogens (tertiary/aromatic N) is 1. The normalized spacial score (nSPS) is 15.1. The number of hydrogen-bond donors (Lipinski definition) is 2. The minimum absolute atomic E-state index is 0.0179. The van der Waals surface area contributed by atoms with E-state index in [0.717, 1.165) is 0 Å². The fourth-order valence-electron chi connectivity index (χ4n) is 3.04. The van der Waals surface area contributed by atoms with Crippen molar-refractivity contribution in [2.24, 2.45) is 11.8 Å². The number of hydrogen-bond acceptors (Lipinski definition) is 3. The number of rotatable bonds is 5. The highest BCUT2D eigenvalue weighted by Gasteiger charge is 2.27. The second-order valence-electron chi connectivity index (χ2n) is 6.91. The van der Waals surface area contributed by atoms with Gasteiger partial charge in [-0.2, -0.15) is 0 Å². The van der Waals surface area contributed by atoms with Crippen molar-refractivity contribution in [2.45, 2.75) is 33.1 Å². The number of nitrogens with one attached hydrogen (secondary N) is 2. The van der Waals surface area contributed by atoms with Crippen molar-refractivity contribution < 1.29 is 14.4 Å². The molecule has 0 bridgehead atoms. The first-order chi connectivity index (χ1) is 11.9. The summed E-state index contributed by atoms with van der Waals surface area (Å²) in [5, 5.41) is 5.51. The molecule has 136 valence electrons. The van der Waals surface area contributed by atoms with Gasteiger partial charge in [0.25, 0.3) is 5.91 Å². The lowest BCUT2D eigenvalue weighted by atomic mass is 9.95. The van der Waals surface area contributed by atoms with Gasteiger partial charge in [-0.15, -0.1) is 0 Å². The number of anilines is 1. The van der Waals surface area contributed by atoms with E-state index < -0.39 is 0 Å². The van der Waals surface area contributed by atoms with E-state index in [2.05, 4.69) is 10.6 Å². The number of amides is 3. The highest BCUT2D eigenvalue weighted by atomic mass is 16.2. The summed E-state index contributed by atoms with van der Waals surface area (Å²) >= 11 is 0. The van der Waals surface area contributed by atoms with Crippen molar-refractivity contribution in [3.8, 4) is 0 Å². The molecule has 1 aromatic carbocycles. The Labute approximate surface area is 149 Å². The molecule has 6 heteroatoms. The molecule has 6 nitrogen and oxygen atoms in total. The molecular formula is C19H27N3O3. The van der Waals surface area contributed by atoms with Crippen molar-refractivity contribution >= 4 is 23.4 Å². The Morgan fingerprint density at radius 1 is 1.20 bits per heavy atom. The highest BCUT2D eigenvalue weighted by Crippen LogP contribution is 2.20. The number of piperidine rings is 1. The zero-order valence-electron chi connectivity index (χ0n) is 15.2. The minimum atomic E-state index is -0.0599. The van der Waals surface area contributed by atoms with Gasteiger partial charge in [-0.3, -0.25) is 14.4 Å². The average Bonchev–Trinajstić information content (AvgIpc) is 2.60. The van der Waals surface area contributed by atoms with E-state index in [4.69, 9.17) is 0 Å². The summed E-state index contributed by atoms with van der Waals surface area (Å²) in [6.07, 6.45) is 1.80. The van der Waals surface area contributed by atoms with Crippen LogP contribution in [0.25, 0.3) is 0 Å². The van der Waals surface area contributed by atoms with E-state index >= 15 is 0 Å². The summed E-state index contributed by atoms with van der Waals surface area (Å²) < 4.78 is 0. The summed E-state index contributed by atoms with van der Waals surface area (Å²) in [4.78, 5) is 38.0. The Kier molecular flexibility index (Phi) is 6.56. The van der Waals surface area contributed by atoms with Crippen molar-refractivity contribution in [1.29, 1.82) is 0 Å². The molecule has 1 saturated heterocycles. The first-order valence-corrected chi connectivity index (χ1v) is 8.81. The van der Waals surface area contributed by atoms with Crippen LogP contribution in [0.1, 0.15) is 43.5 Å². The first-order valence-electron chi connectivity index (χ1n) is 8.81. The second-order valence-corrected chi connectivity index (χ2v) is 6.91. The van der Waals surface area contributed by atoms with E-state index in [1.165, 1.54) is 0 Å². The van der Waals surface area contributed by atoms with E-state index in [9.17, 15) is 14.4 Å². The number of likely N-dealkylation sites (tertiary alicyclic amines) is 1. The minimum Gasteiger partial charge on any atom is -0.359 e. The molecule has 0 aliphatic carbocycles. The van der Waals surface area contributed by atoms with Crippen LogP contribution >= 0.6 is 0 Å². The van der Waals surface area contributed by atoms with Gasteiger partial charge in [-0.05, 0) is 37.0 Å². The quantitative estimate of drug-likeness (QED) is 0.859. The van der Waals surface area contributed by atoms with Gasteiger partial charge >= 0.3 is 0 Å². The zero-order chi connectivity index (χ0) is 18.4. The number of benzene rings is 1. The lowest BCUT2D eigenvalue weighted by Gasteiger charge is -2.31. The standard InChI is InChI=1S/C19H27N3O3/c1-13(2)11-17(23)21-16-6-4-5-15(12-16)19(25)22-9-7-14(8-10-22)18(24)20-3/h4-6,12-14H,7-11H2,1-3H3,(H,20,24)(H,21,23). The van der Waals surface area contributed by atoms with Gasteiger partial charge in [0, 0.05) is 43.7 Å². The fraction of sp³-hybridized carbons (Fsp3) is 0.526. The van der Waals surface area contributed by atoms with Crippen LogP contribution in [0.3, 0.4) is 0 Å². The van der Waals surface area contributed by atoms with Crippen LogP contribution in [0.4, 0.5) is 5.69 Å². The molecule has 1 fully saturated rings. The van der Waals surface area contributed by atoms with Crippen molar-refractivity contribution in [2.75, 3.05) is 25.5 Å². The Balaban J connectivity index is 1.97. The van der Waals surface area contributed by atoms with Crippen molar-refractivity contribution in [3.63, 3.8) is 0 Å². The van der Waals surface area contributed by atoms with Gasteiger partial charge in [-0.1, -0.05) is 19.9 Å². The SMILES string of the molecule is CNC(=O)C1CCN(C(=O)c2cccc(NC(=O)CC(C)C)c2)CC1. The molecule has 3 amide bonds. The molecule has 25 heavy (non-hydrogen) atoms. The molecule has 1 heterocycles. The molecule has 2 rings (SSSR count). The molecule has 0 unspecified atom stereocenters. The molecule has 0 saturated carbocycles. The molecule has 1 aliphatic rings. The lowest BCUT2D eigenvalue weighted by Crippen LogP contribution is -2.42. The van der Waals surface area contributed by atoms with E-state index in [0.29, 0.717) is 43.6 Å². The predicted molar refractivity (Wildman–Crippen MR) is 97.2 cm³/mol. The summed E-state index contributed by atoms with van der Waals surface area (Å²) in [7, 11) is 1.64. The molecule has 1 aliphatic heterocycles. The summed E-state index contributed by atoms with van der Waals surface area (Å²) in [5.41, 5.74) is 1.19. The van der Waals surface area contributed by atoms with E-state index in [-0.39, 0.29) is 29.6 Å². The van der Waals surface area contributed by atoms with Crippen LogP contribution in [0.15, 0.2) is 24.3 Å². The van der Waals surface area contributed by atoms with Crippen LogP contribution in [0.2, 0.25) is 0 Å². The van der Waals surface area contributed by atoms with Gasteiger partial charge in [0.15, 0.2) is 0 Å². The third-order valence-electron chi connectivity index (χ3n) is 4.39. The van der Waals surface area contributed by atoms with E-state index in [1.807, 2.05) is 13.8 Å². The third kappa shape index (κ3) is 5.31. The zero-order valence-corrected chi connectivity index (χ0v) is 15.2. The molecule has 1 aromatic rings. The topological polar surface area (TPSA) is 78.5 Å². The van der Waals surface area contributed by atoms with Gasteiger partial charge in [0.05, 0.1) is 0 Å². The third-order valence-corrected chi connectivity index (χ3v) is 4.39. The van der Waals surface area contributed by atoms with Crippen LogP contribution in [0.5, 0.6) is 0 Å². The Morgan fingerprint density at radius 2 is 1.88 bits per heavy atom. The fourth-order valence-corrected chi connectivity index (χ4v) is 3.04. The second kappa shape index (κ2) is 8.65. The van der Waals surface area contributed by atoms with Crippen molar-refractivity contribution in [3.05, 3.63) is 29.8 Å². The summed E-state index contributed by atoms with van der Waals surface area (Å²) in [6.45, 7) is 5.12. The molecule has 0 aromatic heterocycles. The maximum atomic E-state index is 12.7. The maximum Gasteiger partial charge on any atom is 0.253 e. The summed E-state index contributed by atoms with van der Waals surface area (Å²) in [5.74, 6) is 0.199. The highest BCUT2D eigenvalue weighted by molar-refractivity contribution is 5.97. The van der Waals surface area contributed by atoms with Crippen LogP contribution in [-0.2, 0) is 9.59 Å². The molecule has 2 N–H and O–H groups in total. The smallest absolute Gasteiger partial charge is 0.253 e. The monoisotopic (exact) mass is 345 g/mol. The van der Waals surface area contributed by atoms with Crippen LogP contribution < -0.4 is 10.6 Å². The van der Waals surface area contributed by atoms with Crippen molar-refractivity contribution in [1.82, 2.24) is 10.2 Å². The van der Waals surface area contributed by atoms with Gasteiger partial charge in [0.2, 0.25) is 11.8 Å². The Morgan fingerprint density at radius 3 is 2.48 bits per heavy atom. The number of carbonyl (C=O) groups is 3. The number of carbonyl (C=O) groups excluding carboxylic acids is 3. The van der Waals surface area contributed by atoms with Gasteiger partial charge in [-0.25, -0.2) is 0 Å². The Hall–Kier alpha value is -2.37. The first kappa shape index (κ1) is 19.0. The van der Waals surface area contributed by atoms with Gasteiger partial charge < -0.3 is 15.5 Å². The lowest BCUT2D eigenvalue weighted by molar-refractivity contribution is -0.125. The largest absolute Gasteiger partial charge is 0.359 e. The van der Waals surface area contributed by atoms with Crippen LogP contribution in [-0.4, -0.2) is 42.8 Å². The maximum absolute atomic E-state index is 12.7. The molecule has 0 atom stereocenters. The van der Waals surface area contributed by atoms with Crippen LogP contribution in [0, 0.1) is 11.8 Å². The molecule has 0 spiro atoms. The molecule has 0 radical (unpaired) electrons. The average molecular weight is 345 g/mol. The van der Waals surface area contributed by atoms with E-state index in [1.54, 1.807) is 36.2 Å². The summed E-state index contributed by atoms with van der Waals surface area (Å²) in [6, 6.07) is 7.03. The Bertz CT molecular complexity index is 635. The van der Waals surface area contributed by atoms with Gasteiger partial charge in [0.1, 0.15) is 0 Å².